The minimum absolute atomic E-state index is 0.206. The van der Waals surface area contributed by atoms with E-state index in [9.17, 15) is 14.0 Å². The van der Waals surface area contributed by atoms with Crippen molar-refractivity contribution in [3.63, 3.8) is 0 Å². The van der Waals surface area contributed by atoms with Gasteiger partial charge in [0.05, 0.1) is 0 Å². The molecule has 0 bridgehead atoms. The van der Waals surface area contributed by atoms with Crippen LogP contribution in [0.15, 0.2) is 42.5 Å². The van der Waals surface area contributed by atoms with E-state index >= 15 is 0 Å². The summed E-state index contributed by atoms with van der Waals surface area (Å²) in [5, 5.41) is 11.7. The van der Waals surface area contributed by atoms with Gasteiger partial charge in [-0.2, -0.15) is 0 Å². The van der Waals surface area contributed by atoms with Crippen LogP contribution in [-0.4, -0.2) is 18.0 Å². The van der Waals surface area contributed by atoms with E-state index in [1.807, 2.05) is 13.0 Å². The molecular formula is C22H27FN4O2. The van der Waals surface area contributed by atoms with Gasteiger partial charge in [0.2, 0.25) is 5.91 Å². The fraction of sp³-hybridized carbons (Fsp3) is 0.364. The van der Waals surface area contributed by atoms with Crippen molar-refractivity contribution in [1.82, 2.24) is 21.3 Å². The molecule has 0 fully saturated rings. The number of hydrogen-bond donors (Lipinski definition) is 4. The van der Waals surface area contributed by atoms with Crippen molar-refractivity contribution in [3.05, 3.63) is 70.5 Å². The second kappa shape index (κ2) is 10.0. The van der Waals surface area contributed by atoms with Crippen molar-refractivity contribution in [2.45, 2.75) is 52.0 Å². The Kier molecular flexibility index (Phi) is 7.19. The van der Waals surface area contributed by atoms with Gasteiger partial charge in [0.1, 0.15) is 11.9 Å². The molecule has 3 amide bonds. The van der Waals surface area contributed by atoms with E-state index in [2.05, 4.69) is 33.4 Å². The lowest BCUT2D eigenvalue weighted by Crippen LogP contribution is -2.49. The maximum atomic E-state index is 12.9. The second-order valence-corrected chi connectivity index (χ2v) is 7.22. The molecule has 0 saturated heterocycles. The summed E-state index contributed by atoms with van der Waals surface area (Å²) in [6.45, 7) is 4.38. The van der Waals surface area contributed by atoms with Crippen LogP contribution in [0.5, 0.6) is 0 Å². The zero-order chi connectivity index (χ0) is 20.6. The van der Waals surface area contributed by atoms with Crippen LogP contribution in [0.25, 0.3) is 0 Å². The Labute approximate surface area is 170 Å². The number of carbonyl (C=O) groups is 2. The number of rotatable bonds is 8. The van der Waals surface area contributed by atoms with E-state index < -0.39 is 12.1 Å². The maximum Gasteiger partial charge on any atom is 0.315 e. The number of halogens is 1. The van der Waals surface area contributed by atoms with Gasteiger partial charge in [-0.25, -0.2) is 9.18 Å². The van der Waals surface area contributed by atoms with Crippen LogP contribution in [0.2, 0.25) is 0 Å². The van der Waals surface area contributed by atoms with Gasteiger partial charge >= 0.3 is 6.03 Å². The molecular weight excluding hydrogens is 371 g/mol. The van der Waals surface area contributed by atoms with Crippen molar-refractivity contribution in [2.24, 2.45) is 0 Å². The molecule has 1 unspecified atom stereocenters. The van der Waals surface area contributed by atoms with E-state index in [0.717, 1.165) is 30.6 Å². The average molecular weight is 398 g/mol. The van der Waals surface area contributed by atoms with Gasteiger partial charge in [0.25, 0.3) is 0 Å². The van der Waals surface area contributed by atoms with E-state index in [-0.39, 0.29) is 18.3 Å². The molecule has 2 aromatic carbocycles. The summed E-state index contributed by atoms with van der Waals surface area (Å²) in [6.07, 6.45) is 1.31. The average Bonchev–Trinajstić information content (AvgIpc) is 3.19. The lowest BCUT2D eigenvalue weighted by atomic mass is 10.1. The van der Waals surface area contributed by atoms with Crippen LogP contribution >= 0.6 is 0 Å². The third kappa shape index (κ3) is 6.02. The smallest absolute Gasteiger partial charge is 0.315 e. The Bertz CT molecular complexity index is 854. The molecule has 4 N–H and O–H groups in total. The minimum Gasteiger partial charge on any atom is -0.350 e. The zero-order valence-electron chi connectivity index (χ0n) is 16.6. The van der Waals surface area contributed by atoms with Gasteiger partial charge in [0.15, 0.2) is 0 Å². The number of amides is 3. The molecule has 1 atom stereocenters. The zero-order valence-corrected chi connectivity index (χ0v) is 16.6. The van der Waals surface area contributed by atoms with E-state index in [4.69, 9.17) is 0 Å². The first-order chi connectivity index (χ1) is 14.0. The van der Waals surface area contributed by atoms with Crippen molar-refractivity contribution in [1.29, 1.82) is 0 Å². The van der Waals surface area contributed by atoms with Crippen LogP contribution in [0.3, 0.4) is 0 Å². The van der Waals surface area contributed by atoms with Crippen molar-refractivity contribution < 1.29 is 14.0 Å². The van der Waals surface area contributed by atoms with Crippen LogP contribution in [-0.2, 0) is 31.0 Å². The molecule has 154 valence electrons. The van der Waals surface area contributed by atoms with Gasteiger partial charge in [0, 0.05) is 26.2 Å². The molecule has 6 nitrogen and oxygen atoms in total. The highest BCUT2D eigenvalue weighted by molar-refractivity contribution is 5.86. The standard InChI is InChI=1S/C22H27FN4O2/c1-2-3-20(27-22(29)26-11-15-5-8-19(23)9-6-15)21(28)25-12-16-4-7-17-13-24-14-18(17)10-16/h4-10,20,24H,2-3,11-14H2,1H3,(H,25,28)(H2,26,27,29). The van der Waals surface area contributed by atoms with Crippen LogP contribution in [0.4, 0.5) is 9.18 Å². The molecule has 3 rings (SSSR count). The summed E-state index contributed by atoms with van der Waals surface area (Å²) in [5.74, 6) is -0.528. The van der Waals surface area contributed by atoms with Gasteiger partial charge in [-0.1, -0.05) is 43.7 Å². The number of carbonyl (C=O) groups excluding carboxylic acids is 2. The number of nitrogens with one attached hydrogen (secondary N) is 4. The SMILES string of the molecule is CCCC(NC(=O)NCc1ccc(F)cc1)C(=O)NCc1ccc2c(c1)CNC2. The molecule has 7 heteroatoms. The van der Waals surface area contributed by atoms with E-state index in [0.29, 0.717) is 13.0 Å². The number of urea groups is 1. The molecule has 1 aliphatic heterocycles. The normalized spacial score (nSPS) is 13.4. The molecule has 1 heterocycles. The quantitative estimate of drug-likeness (QED) is 0.552. The lowest BCUT2D eigenvalue weighted by molar-refractivity contribution is -0.123. The molecule has 2 aromatic rings. The van der Waals surface area contributed by atoms with Crippen LogP contribution < -0.4 is 21.3 Å². The Balaban J connectivity index is 1.49. The fourth-order valence-electron chi connectivity index (χ4n) is 3.32. The first-order valence-corrected chi connectivity index (χ1v) is 9.93. The Morgan fingerprint density at radius 3 is 2.45 bits per heavy atom. The molecule has 0 aliphatic carbocycles. The second-order valence-electron chi connectivity index (χ2n) is 7.22. The molecule has 29 heavy (non-hydrogen) atoms. The topological polar surface area (TPSA) is 82.3 Å². The monoisotopic (exact) mass is 398 g/mol. The molecule has 0 radical (unpaired) electrons. The van der Waals surface area contributed by atoms with E-state index in [1.165, 1.54) is 23.3 Å². The Hall–Kier alpha value is -2.93. The molecule has 1 aliphatic rings. The third-order valence-electron chi connectivity index (χ3n) is 4.93. The van der Waals surface area contributed by atoms with Crippen molar-refractivity contribution >= 4 is 11.9 Å². The molecule has 0 aromatic heterocycles. The van der Waals surface area contributed by atoms with Crippen molar-refractivity contribution in [2.75, 3.05) is 0 Å². The maximum absolute atomic E-state index is 12.9. The first kappa shape index (κ1) is 20.8. The largest absolute Gasteiger partial charge is 0.350 e. The van der Waals surface area contributed by atoms with Crippen LogP contribution in [0, 0.1) is 5.82 Å². The Morgan fingerprint density at radius 1 is 1.00 bits per heavy atom. The van der Waals surface area contributed by atoms with Crippen molar-refractivity contribution in [3.8, 4) is 0 Å². The molecule has 0 spiro atoms. The van der Waals surface area contributed by atoms with Gasteiger partial charge in [-0.15, -0.1) is 0 Å². The number of fused-ring (bicyclic) bond motifs is 1. The summed E-state index contributed by atoms with van der Waals surface area (Å²) in [4.78, 5) is 24.8. The predicted molar refractivity (Wildman–Crippen MR) is 109 cm³/mol. The summed E-state index contributed by atoms with van der Waals surface area (Å²) in [7, 11) is 0. The van der Waals surface area contributed by atoms with Gasteiger partial charge < -0.3 is 21.3 Å². The highest BCUT2D eigenvalue weighted by Crippen LogP contribution is 2.17. The predicted octanol–water partition coefficient (Wildman–Crippen LogP) is 2.71. The highest BCUT2D eigenvalue weighted by Gasteiger charge is 2.20. The number of benzene rings is 2. The summed E-state index contributed by atoms with van der Waals surface area (Å²) < 4.78 is 12.9. The van der Waals surface area contributed by atoms with Crippen LogP contribution in [0.1, 0.15) is 42.0 Å². The minimum atomic E-state index is -0.607. The number of hydrogen-bond acceptors (Lipinski definition) is 3. The van der Waals surface area contributed by atoms with Gasteiger partial charge in [-0.05, 0) is 40.8 Å². The third-order valence-corrected chi connectivity index (χ3v) is 4.93. The van der Waals surface area contributed by atoms with Gasteiger partial charge in [-0.3, -0.25) is 4.79 Å². The lowest BCUT2D eigenvalue weighted by Gasteiger charge is -2.18. The fourth-order valence-corrected chi connectivity index (χ4v) is 3.32. The summed E-state index contributed by atoms with van der Waals surface area (Å²) in [6, 6.07) is 11.1. The highest BCUT2D eigenvalue weighted by atomic mass is 19.1. The first-order valence-electron chi connectivity index (χ1n) is 9.93. The summed E-state index contributed by atoms with van der Waals surface area (Å²) in [5.41, 5.74) is 4.38. The summed E-state index contributed by atoms with van der Waals surface area (Å²) >= 11 is 0. The van der Waals surface area contributed by atoms with E-state index in [1.54, 1.807) is 12.1 Å². The Morgan fingerprint density at radius 2 is 1.69 bits per heavy atom. The molecule has 0 saturated carbocycles.